The zero-order valence-corrected chi connectivity index (χ0v) is 16.7. The number of likely N-dealkylation sites (N-methyl/N-ethyl adjacent to an activating group) is 1. The number of carbonyl (C=O) groups excluding carboxylic acids is 1. The van der Waals surface area contributed by atoms with Gasteiger partial charge in [-0.2, -0.15) is 0 Å². The summed E-state index contributed by atoms with van der Waals surface area (Å²) in [5, 5.41) is 1.34. The van der Waals surface area contributed by atoms with Crippen molar-refractivity contribution in [2.24, 2.45) is 0 Å². The molecule has 0 bridgehead atoms. The average Bonchev–Trinajstić information content (AvgIpc) is 2.49. The number of rotatable bonds is 7. The summed E-state index contributed by atoms with van der Waals surface area (Å²) in [6, 6.07) is 0. The largest absolute Gasteiger partial charge is 0.414 e. The van der Waals surface area contributed by atoms with Crippen molar-refractivity contribution >= 4 is 14.2 Å². The van der Waals surface area contributed by atoms with Crippen molar-refractivity contribution in [3.8, 4) is 0 Å². The van der Waals surface area contributed by atoms with Crippen LogP contribution in [0.15, 0.2) is 0 Å². The lowest BCUT2D eigenvalue weighted by molar-refractivity contribution is -0.212. The molecule has 0 aromatic carbocycles. The number of amides is 1. The van der Waals surface area contributed by atoms with Crippen molar-refractivity contribution in [3.63, 3.8) is 0 Å². The normalized spacial score (nSPS) is 22.9. The molecule has 2 atom stereocenters. The Labute approximate surface area is 141 Å². The SMILES string of the molecule is CON(C)C(=O)CO[C@H]1CCC[C@H](CO[Si](C)(C)C(C)(C)C)O1. The highest BCUT2D eigenvalue weighted by atomic mass is 28.4. The molecule has 0 radical (unpaired) electrons. The minimum atomic E-state index is -1.77. The number of ether oxygens (including phenoxy) is 2. The van der Waals surface area contributed by atoms with E-state index in [9.17, 15) is 4.79 Å². The standard InChI is InChI=1S/C16H33NO5Si/c1-16(2,3)23(6,7)21-11-13-9-8-10-15(22-13)20-12-14(18)17(4)19-5/h13,15H,8-12H2,1-7H3/t13-,15-/m1/s1. The van der Waals surface area contributed by atoms with E-state index in [1.165, 1.54) is 7.11 Å². The fourth-order valence-electron chi connectivity index (χ4n) is 1.98. The van der Waals surface area contributed by atoms with Crippen LogP contribution in [-0.4, -0.2) is 59.1 Å². The van der Waals surface area contributed by atoms with Crippen LogP contribution >= 0.6 is 0 Å². The number of hydrogen-bond donors (Lipinski definition) is 0. The quantitative estimate of drug-likeness (QED) is 0.523. The third-order valence-electron chi connectivity index (χ3n) is 4.76. The topological polar surface area (TPSA) is 57.2 Å². The summed E-state index contributed by atoms with van der Waals surface area (Å²) in [4.78, 5) is 16.5. The van der Waals surface area contributed by atoms with Crippen molar-refractivity contribution < 1.29 is 23.5 Å². The van der Waals surface area contributed by atoms with E-state index in [4.69, 9.17) is 18.7 Å². The van der Waals surface area contributed by atoms with Gasteiger partial charge in [-0.15, -0.1) is 0 Å². The molecule has 0 N–H and O–H groups in total. The Balaban J connectivity index is 2.39. The van der Waals surface area contributed by atoms with Crippen LogP contribution in [0.5, 0.6) is 0 Å². The summed E-state index contributed by atoms with van der Waals surface area (Å²) in [7, 11) is 1.24. The van der Waals surface area contributed by atoms with Crippen LogP contribution in [0.2, 0.25) is 18.1 Å². The Morgan fingerprint density at radius 2 is 1.96 bits per heavy atom. The van der Waals surface area contributed by atoms with Crippen LogP contribution in [-0.2, 0) is 23.5 Å². The first-order valence-electron chi connectivity index (χ1n) is 8.28. The predicted octanol–water partition coefficient (Wildman–Crippen LogP) is 2.94. The van der Waals surface area contributed by atoms with E-state index < -0.39 is 8.32 Å². The minimum Gasteiger partial charge on any atom is -0.414 e. The molecule has 0 aromatic rings. The number of hydrogen-bond acceptors (Lipinski definition) is 5. The zero-order valence-electron chi connectivity index (χ0n) is 15.7. The molecule has 1 aliphatic heterocycles. The lowest BCUT2D eigenvalue weighted by Crippen LogP contribution is -2.44. The Morgan fingerprint density at radius 3 is 2.52 bits per heavy atom. The lowest BCUT2D eigenvalue weighted by Gasteiger charge is -2.38. The van der Waals surface area contributed by atoms with Gasteiger partial charge in [-0.3, -0.25) is 9.63 Å². The molecule has 1 fully saturated rings. The molecule has 0 aromatic heterocycles. The van der Waals surface area contributed by atoms with E-state index in [2.05, 4.69) is 33.9 Å². The Morgan fingerprint density at radius 1 is 1.30 bits per heavy atom. The van der Waals surface area contributed by atoms with Gasteiger partial charge in [0.05, 0.1) is 19.8 Å². The number of hydroxylamine groups is 2. The summed E-state index contributed by atoms with van der Waals surface area (Å²) in [6.45, 7) is 11.7. The molecule has 6 nitrogen and oxygen atoms in total. The van der Waals surface area contributed by atoms with Gasteiger partial charge in [0.1, 0.15) is 6.61 Å². The predicted molar refractivity (Wildman–Crippen MR) is 91.4 cm³/mol. The van der Waals surface area contributed by atoms with E-state index in [0.29, 0.717) is 6.61 Å². The van der Waals surface area contributed by atoms with Crippen LogP contribution in [0, 0.1) is 0 Å². The molecule has 0 aliphatic carbocycles. The first kappa shape index (κ1) is 20.6. The fraction of sp³-hybridized carbons (Fsp3) is 0.938. The molecule has 0 unspecified atom stereocenters. The van der Waals surface area contributed by atoms with Gasteiger partial charge in [0.15, 0.2) is 14.6 Å². The first-order chi connectivity index (χ1) is 10.6. The van der Waals surface area contributed by atoms with E-state index in [-0.39, 0.29) is 29.9 Å². The van der Waals surface area contributed by atoms with Crippen molar-refractivity contribution in [3.05, 3.63) is 0 Å². The van der Waals surface area contributed by atoms with Crippen LogP contribution < -0.4 is 0 Å². The third kappa shape index (κ3) is 6.50. The molecule has 136 valence electrons. The van der Waals surface area contributed by atoms with E-state index in [1.807, 2.05) is 0 Å². The molecule has 1 heterocycles. The van der Waals surface area contributed by atoms with Crippen LogP contribution in [0.3, 0.4) is 0 Å². The van der Waals surface area contributed by atoms with Crippen LogP contribution in [0.25, 0.3) is 0 Å². The highest BCUT2D eigenvalue weighted by molar-refractivity contribution is 6.74. The summed E-state index contributed by atoms with van der Waals surface area (Å²) in [5.74, 6) is -0.226. The Bertz CT molecular complexity index is 383. The molecule has 0 spiro atoms. The summed E-state index contributed by atoms with van der Waals surface area (Å²) in [6.07, 6.45) is 2.50. The number of carbonyl (C=O) groups is 1. The molecular formula is C16H33NO5Si. The maximum atomic E-state index is 11.7. The van der Waals surface area contributed by atoms with E-state index >= 15 is 0 Å². The van der Waals surface area contributed by atoms with Gasteiger partial charge in [-0.25, -0.2) is 5.06 Å². The maximum absolute atomic E-state index is 11.7. The molecule has 1 aliphatic rings. The van der Waals surface area contributed by atoms with Gasteiger partial charge < -0.3 is 13.9 Å². The molecule has 0 saturated carbocycles. The van der Waals surface area contributed by atoms with Gasteiger partial charge in [-0.1, -0.05) is 20.8 Å². The van der Waals surface area contributed by atoms with E-state index in [1.54, 1.807) is 7.05 Å². The lowest BCUT2D eigenvalue weighted by atomic mass is 10.1. The third-order valence-corrected chi connectivity index (χ3v) is 9.26. The van der Waals surface area contributed by atoms with Gasteiger partial charge >= 0.3 is 0 Å². The molecule has 7 heteroatoms. The Kier molecular flexibility index (Phi) is 7.67. The molecule has 1 rings (SSSR count). The molecule has 23 heavy (non-hydrogen) atoms. The highest BCUT2D eigenvalue weighted by Gasteiger charge is 2.38. The monoisotopic (exact) mass is 347 g/mol. The van der Waals surface area contributed by atoms with Gasteiger partial charge in [0.25, 0.3) is 5.91 Å². The molecular weight excluding hydrogens is 314 g/mol. The second-order valence-electron chi connectivity index (χ2n) is 7.57. The zero-order chi connectivity index (χ0) is 17.7. The van der Waals surface area contributed by atoms with E-state index in [0.717, 1.165) is 24.3 Å². The summed E-state index contributed by atoms with van der Waals surface area (Å²) in [5.41, 5.74) is 0. The van der Waals surface area contributed by atoms with Crippen LogP contribution in [0.4, 0.5) is 0 Å². The van der Waals surface area contributed by atoms with Gasteiger partial charge in [0, 0.05) is 7.05 Å². The highest BCUT2D eigenvalue weighted by Crippen LogP contribution is 2.37. The van der Waals surface area contributed by atoms with Gasteiger partial charge in [-0.05, 0) is 37.4 Å². The number of nitrogens with zero attached hydrogens (tertiary/aromatic N) is 1. The summed E-state index contributed by atoms with van der Waals surface area (Å²) < 4.78 is 17.7. The van der Waals surface area contributed by atoms with Crippen molar-refractivity contribution in [2.45, 2.75) is 70.6 Å². The second-order valence-corrected chi connectivity index (χ2v) is 12.4. The van der Waals surface area contributed by atoms with Crippen LogP contribution in [0.1, 0.15) is 40.0 Å². The van der Waals surface area contributed by atoms with Crippen molar-refractivity contribution in [2.75, 3.05) is 27.4 Å². The molecule has 1 saturated heterocycles. The smallest absolute Gasteiger partial charge is 0.271 e. The minimum absolute atomic E-state index is 0.0369. The summed E-state index contributed by atoms with van der Waals surface area (Å²) >= 11 is 0. The maximum Gasteiger partial charge on any atom is 0.271 e. The van der Waals surface area contributed by atoms with Crippen molar-refractivity contribution in [1.29, 1.82) is 0 Å². The second kappa shape index (κ2) is 8.57. The van der Waals surface area contributed by atoms with Gasteiger partial charge in [0.2, 0.25) is 0 Å². The Hall–Kier alpha value is -0.473. The van der Waals surface area contributed by atoms with Crippen molar-refractivity contribution in [1.82, 2.24) is 5.06 Å². The molecule has 1 amide bonds. The first-order valence-corrected chi connectivity index (χ1v) is 11.2. The fourth-order valence-corrected chi connectivity index (χ4v) is 3.02. The average molecular weight is 348 g/mol.